The Balaban J connectivity index is 1.50. The first-order valence-corrected chi connectivity index (χ1v) is 10.3. The van der Waals surface area contributed by atoms with E-state index in [2.05, 4.69) is 29.4 Å². The van der Waals surface area contributed by atoms with Gasteiger partial charge in [-0.3, -0.25) is 4.79 Å². The quantitative estimate of drug-likeness (QED) is 0.311. The van der Waals surface area contributed by atoms with Crippen LogP contribution in [0.4, 0.5) is 0 Å². The minimum Gasteiger partial charge on any atom is -0.273 e. The van der Waals surface area contributed by atoms with E-state index in [9.17, 15) is 4.79 Å². The molecule has 0 spiro atoms. The van der Waals surface area contributed by atoms with Gasteiger partial charge in [0.15, 0.2) is 0 Å². The minimum atomic E-state index is 0.0432. The monoisotopic (exact) mass is 355 g/mol. The summed E-state index contributed by atoms with van der Waals surface area (Å²) in [5.41, 5.74) is 1.58. The molecule has 0 amide bonds. The summed E-state index contributed by atoms with van der Waals surface area (Å²) in [7, 11) is 0. The van der Waals surface area contributed by atoms with E-state index in [1.165, 1.54) is 56.0 Å². The van der Waals surface area contributed by atoms with Gasteiger partial charge in [0.05, 0.1) is 5.52 Å². The maximum atomic E-state index is 12.3. The molecule has 142 valence electrons. The molecule has 0 N–H and O–H groups in total. The highest BCUT2D eigenvalue weighted by Gasteiger charge is 2.10. The van der Waals surface area contributed by atoms with E-state index < -0.39 is 0 Å². The van der Waals surface area contributed by atoms with Crippen LogP contribution in [0.15, 0.2) is 36.4 Å². The predicted molar refractivity (Wildman–Crippen MR) is 108 cm³/mol. The molecule has 0 aliphatic rings. The molecule has 0 radical (unpaired) electrons. The van der Waals surface area contributed by atoms with Crippen molar-refractivity contribution in [3.05, 3.63) is 36.4 Å². The van der Waals surface area contributed by atoms with Crippen LogP contribution in [0.3, 0.4) is 0 Å². The van der Waals surface area contributed by atoms with E-state index in [1.807, 2.05) is 24.3 Å². The van der Waals surface area contributed by atoms with Crippen LogP contribution in [-0.2, 0) is 0 Å². The zero-order valence-electron chi connectivity index (χ0n) is 16.2. The molecule has 0 unspecified atom stereocenters. The molecular weight excluding hydrogens is 322 g/mol. The molecule has 4 heteroatoms. The second-order valence-electron chi connectivity index (χ2n) is 7.01. The number of rotatable bonds is 13. The molecule has 2 rings (SSSR count). The van der Waals surface area contributed by atoms with E-state index >= 15 is 0 Å². The molecule has 0 aliphatic carbocycles. The van der Waals surface area contributed by atoms with Crippen molar-refractivity contribution in [2.75, 3.05) is 0 Å². The Bertz CT molecular complexity index is 675. The van der Waals surface area contributed by atoms with Crippen LogP contribution in [0.25, 0.3) is 11.0 Å². The SMILES string of the molecule is CCCCCCC/C=C/CCCCCCC(=O)n1nnc2ccccc21. The Labute approximate surface area is 157 Å². The molecule has 1 aromatic carbocycles. The van der Waals surface area contributed by atoms with E-state index in [4.69, 9.17) is 0 Å². The molecule has 26 heavy (non-hydrogen) atoms. The van der Waals surface area contributed by atoms with Gasteiger partial charge in [-0.25, -0.2) is 0 Å². The van der Waals surface area contributed by atoms with Crippen LogP contribution >= 0.6 is 0 Å². The maximum Gasteiger partial charge on any atom is 0.248 e. The number of nitrogens with zero attached hydrogens (tertiary/aromatic N) is 3. The summed E-state index contributed by atoms with van der Waals surface area (Å²) in [6.45, 7) is 2.26. The van der Waals surface area contributed by atoms with Crippen LogP contribution in [0.2, 0.25) is 0 Å². The summed E-state index contributed by atoms with van der Waals surface area (Å²) >= 11 is 0. The number of aromatic nitrogens is 3. The first kappa shape index (κ1) is 20.3. The van der Waals surface area contributed by atoms with Crippen LogP contribution in [0, 0.1) is 0 Å². The number of para-hydroxylation sites is 1. The molecule has 0 atom stereocenters. The van der Waals surface area contributed by atoms with Gasteiger partial charge in [-0.05, 0) is 44.2 Å². The fourth-order valence-corrected chi connectivity index (χ4v) is 3.15. The standard InChI is InChI=1S/C22H33N3O/c1-2-3-4-5-6-7-8-9-10-11-12-13-14-19-22(26)25-21-18-16-15-17-20(21)23-24-25/h8-9,15-18H,2-7,10-14,19H2,1H3/b9-8+. The van der Waals surface area contributed by atoms with Gasteiger partial charge in [-0.1, -0.05) is 74.9 Å². The summed E-state index contributed by atoms with van der Waals surface area (Å²) in [5.74, 6) is 0.0432. The molecule has 1 heterocycles. The van der Waals surface area contributed by atoms with E-state index in [-0.39, 0.29) is 5.91 Å². The van der Waals surface area contributed by atoms with Gasteiger partial charge in [-0.15, -0.1) is 5.10 Å². The van der Waals surface area contributed by atoms with Gasteiger partial charge in [-0.2, -0.15) is 4.68 Å². The lowest BCUT2D eigenvalue weighted by Crippen LogP contribution is -2.12. The number of allylic oxidation sites excluding steroid dienone is 2. The summed E-state index contributed by atoms with van der Waals surface area (Å²) in [6.07, 6.45) is 18.8. The Morgan fingerprint density at radius 2 is 1.58 bits per heavy atom. The molecule has 1 aromatic heterocycles. The van der Waals surface area contributed by atoms with Crippen LogP contribution in [0.1, 0.15) is 88.8 Å². The van der Waals surface area contributed by atoms with Crippen molar-refractivity contribution in [2.24, 2.45) is 0 Å². The zero-order valence-corrected chi connectivity index (χ0v) is 16.2. The van der Waals surface area contributed by atoms with Crippen molar-refractivity contribution in [3.8, 4) is 0 Å². The van der Waals surface area contributed by atoms with Gasteiger partial charge in [0.1, 0.15) is 5.52 Å². The topological polar surface area (TPSA) is 47.8 Å². The fourth-order valence-electron chi connectivity index (χ4n) is 3.15. The summed E-state index contributed by atoms with van der Waals surface area (Å²) < 4.78 is 1.44. The molecular formula is C22H33N3O. The van der Waals surface area contributed by atoms with Crippen LogP contribution < -0.4 is 0 Å². The van der Waals surface area contributed by atoms with Gasteiger partial charge in [0.25, 0.3) is 0 Å². The molecule has 2 aromatic rings. The zero-order chi connectivity index (χ0) is 18.5. The maximum absolute atomic E-state index is 12.3. The smallest absolute Gasteiger partial charge is 0.248 e. The van der Waals surface area contributed by atoms with Crippen molar-refractivity contribution in [3.63, 3.8) is 0 Å². The molecule has 0 aliphatic heterocycles. The first-order chi connectivity index (χ1) is 12.8. The third-order valence-corrected chi connectivity index (χ3v) is 4.74. The predicted octanol–water partition coefficient (Wildman–Crippen LogP) is 6.33. The second-order valence-corrected chi connectivity index (χ2v) is 7.01. The Morgan fingerprint density at radius 3 is 2.31 bits per heavy atom. The average Bonchev–Trinajstić information content (AvgIpc) is 3.09. The van der Waals surface area contributed by atoms with Crippen molar-refractivity contribution in [1.82, 2.24) is 15.0 Å². The van der Waals surface area contributed by atoms with Crippen LogP contribution in [-0.4, -0.2) is 20.9 Å². The van der Waals surface area contributed by atoms with Gasteiger partial charge >= 0.3 is 0 Å². The highest BCUT2D eigenvalue weighted by molar-refractivity contribution is 5.88. The molecule has 0 saturated heterocycles. The molecule has 0 bridgehead atoms. The molecule has 0 fully saturated rings. The lowest BCUT2D eigenvalue weighted by Gasteiger charge is -2.01. The van der Waals surface area contributed by atoms with Crippen LogP contribution in [0.5, 0.6) is 0 Å². The highest BCUT2D eigenvalue weighted by Crippen LogP contribution is 2.12. The van der Waals surface area contributed by atoms with Crippen molar-refractivity contribution >= 4 is 16.9 Å². The second kappa shape index (κ2) is 12.4. The van der Waals surface area contributed by atoms with Crippen molar-refractivity contribution < 1.29 is 4.79 Å². The number of unbranched alkanes of at least 4 members (excludes halogenated alkanes) is 9. The summed E-state index contributed by atoms with van der Waals surface area (Å²) in [4.78, 5) is 12.3. The average molecular weight is 356 g/mol. The van der Waals surface area contributed by atoms with E-state index in [0.717, 1.165) is 30.3 Å². The summed E-state index contributed by atoms with van der Waals surface area (Å²) in [6, 6.07) is 7.59. The Hall–Kier alpha value is -1.97. The largest absolute Gasteiger partial charge is 0.273 e. The number of carbonyl (C=O) groups excluding carboxylic acids is 1. The Kier molecular flexibility index (Phi) is 9.70. The normalized spacial score (nSPS) is 11.6. The number of hydrogen-bond acceptors (Lipinski definition) is 3. The number of carbonyl (C=O) groups is 1. The van der Waals surface area contributed by atoms with E-state index in [1.54, 1.807) is 0 Å². The van der Waals surface area contributed by atoms with Gasteiger partial charge < -0.3 is 0 Å². The molecule has 4 nitrogen and oxygen atoms in total. The van der Waals surface area contributed by atoms with Gasteiger partial charge in [0.2, 0.25) is 5.91 Å². The van der Waals surface area contributed by atoms with E-state index in [0.29, 0.717) is 6.42 Å². The minimum absolute atomic E-state index is 0.0432. The number of fused-ring (bicyclic) bond motifs is 1. The molecule has 0 saturated carbocycles. The lowest BCUT2D eigenvalue weighted by molar-refractivity contribution is 0.0886. The van der Waals surface area contributed by atoms with Gasteiger partial charge in [0, 0.05) is 6.42 Å². The third-order valence-electron chi connectivity index (χ3n) is 4.74. The number of benzene rings is 1. The highest BCUT2D eigenvalue weighted by atomic mass is 16.2. The van der Waals surface area contributed by atoms with Crippen molar-refractivity contribution in [2.45, 2.75) is 84.0 Å². The number of hydrogen-bond donors (Lipinski definition) is 0. The summed E-state index contributed by atoms with van der Waals surface area (Å²) in [5, 5.41) is 8.02. The third kappa shape index (κ3) is 7.11. The van der Waals surface area contributed by atoms with Crippen molar-refractivity contribution in [1.29, 1.82) is 0 Å². The lowest BCUT2D eigenvalue weighted by atomic mass is 10.1. The Morgan fingerprint density at radius 1 is 0.923 bits per heavy atom. The fraction of sp³-hybridized carbons (Fsp3) is 0.591. The first-order valence-electron chi connectivity index (χ1n) is 10.3.